The van der Waals surface area contributed by atoms with Gasteiger partial charge in [0.15, 0.2) is 5.60 Å². The van der Waals surface area contributed by atoms with E-state index in [-0.39, 0.29) is 5.78 Å². The van der Waals surface area contributed by atoms with Crippen LogP contribution in [-0.4, -0.2) is 24.6 Å². The summed E-state index contributed by atoms with van der Waals surface area (Å²) < 4.78 is 11.4. The Hall–Kier alpha value is -1.26. The van der Waals surface area contributed by atoms with Crippen LogP contribution in [0.2, 0.25) is 0 Å². The second-order valence-corrected chi connectivity index (χ2v) is 5.56. The molecule has 0 atom stereocenters. The highest BCUT2D eigenvalue weighted by Crippen LogP contribution is 2.41. The van der Waals surface area contributed by atoms with Gasteiger partial charge in [0, 0.05) is 28.9 Å². The summed E-state index contributed by atoms with van der Waals surface area (Å²) in [5, 5.41) is 0. The normalized spacial score (nSPS) is 21.9. The van der Waals surface area contributed by atoms with Crippen LogP contribution >= 0.6 is 12.6 Å². The van der Waals surface area contributed by atoms with E-state index in [0.29, 0.717) is 37.4 Å². The van der Waals surface area contributed by atoms with Crippen molar-refractivity contribution in [1.82, 2.24) is 0 Å². The highest BCUT2D eigenvalue weighted by atomic mass is 32.1. The zero-order chi connectivity index (χ0) is 13.5. The van der Waals surface area contributed by atoms with Gasteiger partial charge in [0.2, 0.25) is 5.78 Å². The van der Waals surface area contributed by atoms with Crippen LogP contribution in [0.4, 0.5) is 0 Å². The number of carbonyl (C=O) groups excluding carboxylic acids is 1. The molecule has 19 heavy (non-hydrogen) atoms. The molecule has 0 amide bonds. The van der Waals surface area contributed by atoms with Gasteiger partial charge in [-0.25, -0.2) is 0 Å². The SMILES string of the molecule is CC1=C(c2ccc(S)cc2)OC2(CCOCC2)C1=O. The van der Waals surface area contributed by atoms with E-state index in [1.807, 2.05) is 31.2 Å². The van der Waals surface area contributed by atoms with Crippen LogP contribution in [0.5, 0.6) is 0 Å². The van der Waals surface area contributed by atoms with Crippen molar-refractivity contribution in [2.24, 2.45) is 0 Å². The Morgan fingerprint density at radius 1 is 1.16 bits per heavy atom. The van der Waals surface area contributed by atoms with E-state index in [1.165, 1.54) is 0 Å². The van der Waals surface area contributed by atoms with Gasteiger partial charge < -0.3 is 9.47 Å². The van der Waals surface area contributed by atoms with Crippen molar-refractivity contribution in [2.75, 3.05) is 13.2 Å². The largest absolute Gasteiger partial charge is 0.478 e. The van der Waals surface area contributed by atoms with Gasteiger partial charge in [-0.1, -0.05) is 12.1 Å². The van der Waals surface area contributed by atoms with Gasteiger partial charge in [-0.15, -0.1) is 12.6 Å². The van der Waals surface area contributed by atoms with Crippen molar-refractivity contribution in [2.45, 2.75) is 30.3 Å². The van der Waals surface area contributed by atoms with Crippen LogP contribution in [0.25, 0.3) is 5.76 Å². The third-order valence-electron chi connectivity index (χ3n) is 3.82. The maximum Gasteiger partial charge on any atom is 0.205 e. The van der Waals surface area contributed by atoms with Crippen molar-refractivity contribution in [3.8, 4) is 0 Å². The van der Waals surface area contributed by atoms with Crippen molar-refractivity contribution < 1.29 is 14.3 Å². The van der Waals surface area contributed by atoms with Gasteiger partial charge in [0.25, 0.3) is 0 Å². The van der Waals surface area contributed by atoms with Crippen LogP contribution in [0, 0.1) is 0 Å². The molecule has 1 spiro atoms. The third kappa shape index (κ3) is 2.09. The molecule has 0 bridgehead atoms. The Bertz CT molecular complexity index is 539. The van der Waals surface area contributed by atoms with E-state index in [1.54, 1.807) is 0 Å². The van der Waals surface area contributed by atoms with Gasteiger partial charge in [0.1, 0.15) is 5.76 Å². The first-order chi connectivity index (χ1) is 9.12. The molecule has 2 aliphatic heterocycles. The zero-order valence-electron chi connectivity index (χ0n) is 10.8. The lowest BCUT2D eigenvalue weighted by Crippen LogP contribution is -2.42. The summed E-state index contributed by atoms with van der Waals surface area (Å²) in [6, 6.07) is 7.68. The summed E-state index contributed by atoms with van der Waals surface area (Å²) >= 11 is 4.27. The van der Waals surface area contributed by atoms with Crippen molar-refractivity contribution in [3.63, 3.8) is 0 Å². The predicted octanol–water partition coefficient (Wildman–Crippen LogP) is 2.85. The summed E-state index contributed by atoms with van der Waals surface area (Å²) in [6.07, 6.45) is 1.27. The minimum Gasteiger partial charge on any atom is -0.478 e. The number of hydrogen-bond acceptors (Lipinski definition) is 4. The number of carbonyl (C=O) groups is 1. The number of ether oxygens (including phenoxy) is 2. The molecule has 0 aromatic heterocycles. The molecule has 0 N–H and O–H groups in total. The molecule has 1 saturated heterocycles. The quantitative estimate of drug-likeness (QED) is 0.801. The maximum absolute atomic E-state index is 12.5. The highest BCUT2D eigenvalue weighted by Gasteiger charge is 2.48. The molecule has 3 nitrogen and oxygen atoms in total. The standard InChI is InChI=1S/C15H16O3S/c1-10-13(11-2-4-12(19)5-3-11)18-15(14(10)16)6-8-17-9-7-15/h2-5,19H,6-9H2,1H3. The molecule has 0 radical (unpaired) electrons. The molecule has 0 saturated carbocycles. The Balaban J connectivity index is 1.94. The number of rotatable bonds is 1. The molecular weight excluding hydrogens is 260 g/mol. The summed E-state index contributed by atoms with van der Waals surface area (Å²) in [6.45, 7) is 3.01. The first kappa shape index (κ1) is 12.8. The minimum absolute atomic E-state index is 0.112. The molecule has 1 aromatic rings. The van der Waals surface area contributed by atoms with Gasteiger partial charge in [-0.05, 0) is 19.1 Å². The lowest BCUT2D eigenvalue weighted by atomic mass is 9.88. The second-order valence-electron chi connectivity index (χ2n) is 5.04. The number of thiol groups is 1. The average molecular weight is 276 g/mol. The molecule has 1 aromatic carbocycles. The Morgan fingerprint density at radius 2 is 1.79 bits per heavy atom. The van der Waals surface area contributed by atoms with Crippen LogP contribution < -0.4 is 0 Å². The van der Waals surface area contributed by atoms with E-state index in [0.717, 1.165) is 10.5 Å². The van der Waals surface area contributed by atoms with E-state index in [9.17, 15) is 4.79 Å². The highest BCUT2D eigenvalue weighted by molar-refractivity contribution is 7.80. The molecule has 0 unspecified atom stereocenters. The monoisotopic (exact) mass is 276 g/mol. The molecule has 2 heterocycles. The average Bonchev–Trinajstić information content (AvgIpc) is 2.67. The van der Waals surface area contributed by atoms with E-state index >= 15 is 0 Å². The molecule has 2 aliphatic rings. The Morgan fingerprint density at radius 3 is 2.42 bits per heavy atom. The van der Waals surface area contributed by atoms with Crippen LogP contribution in [-0.2, 0) is 14.3 Å². The smallest absolute Gasteiger partial charge is 0.205 e. The number of ketones is 1. The summed E-state index contributed by atoms with van der Waals surface area (Å²) in [4.78, 5) is 13.4. The first-order valence-corrected chi connectivity index (χ1v) is 6.89. The lowest BCUT2D eigenvalue weighted by molar-refractivity contribution is -0.137. The van der Waals surface area contributed by atoms with E-state index in [4.69, 9.17) is 9.47 Å². The molecular formula is C15H16O3S. The van der Waals surface area contributed by atoms with Crippen LogP contribution in [0.1, 0.15) is 25.3 Å². The van der Waals surface area contributed by atoms with Crippen LogP contribution in [0.15, 0.2) is 34.7 Å². The zero-order valence-corrected chi connectivity index (χ0v) is 11.7. The number of hydrogen-bond donors (Lipinski definition) is 1. The van der Waals surface area contributed by atoms with Crippen LogP contribution in [0.3, 0.4) is 0 Å². The van der Waals surface area contributed by atoms with E-state index < -0.39 is 5.60 Å². The van der Waals surface area contributed by atoms with Crippen molar-refractivity contribution in [3.05, 3.63) is 35.4 Å². The van der Waals surface area contributed by atoms with Crippen molar-refractivity contribution >= 4 is 24.2 Å². The molecule has 1 fully saturated rings. The minimum atomic E-state index is -0.683. The van der Waals surface area contributed by atoms with E-state index in [2.05, 4.69) is 12.6 Å². The third-order valence-corrected chi connectivity index (χ3v) is 4.12. The molecule has 100 valence electrons. The van der Waals surface area contributed by atoms with Gasteiger partial charge >= 0.3 is 0 Å². The lowest BCUT2D eigenvalue weighted by Gasteiger charge is -2.32. The second kappa shape index (κ2) is 4.69. The Kier molecular flexibility index (Phi) is 3.15. The summed E-state index contributed by atoms with van der Waals surface area (Å²) in [5.41, 5.74) is 0.970. The topological polar surface area (TPSA) is 35.5 Å². The fourth-order valence-electron chi connectivity index (χ4n) is 2.68. The first-order valence-electron chi connectivity index (χ1n) is 6.44. The Labute approximate surface area is 118 Å². The van der Waals surface area contributed by atoms with Crippen molar-refractivity contribution in [1.29, 1.82) is 0 Å². The summed E-state index contributed by atoms with van der Waals surface area (Å²) in [7, 11) is 0. The predicted molar refractivity (Wildman–Crippen MR) is 75.2 cm³/mol. The molecule has 0 aliphatic carbocycles. The van der Waals surface area contributed by atoms with Gasteiger partial charge in [-0.3, -0.25) is 4.79 Å². The van der Waals surface area contributed by atoms with Gasteiger partial charge in [-0.2, -0.15) is 0 Å². The number of benzene rings is 1. The fraction of sp³-hybridized carbons (Fsp3) is 0.400. The van der Waals surface area contributed by atoms with Gasteiger partial charge in [0.05, 0.1) is 13.2 Å². The molecule has 4 heteroatoms. The fourth-order valence-corrected chi connectivity index (χ4v) is 2.83. The summed E-state index contributed by atoms with van der Waals surface area (Å²) in [5.74, 6) is 0.820. The number of Topliss-reactive ketones (excluding diaryl/α,β-unsaturated/α-hetero) is 1. The molecule has 3 rings (SSSR count). The maximum atomic E-state index is 12.5.